The van der Waals surface area contributed by atoms with Gasteiger partial charge in [0, 0.05) is 32.8 Å². The average Bonchev–Trinajstić information content (AvgIpc) is 2.81. The molecule has 17 heavy (non-hydrogen) atoms. The van der Waals surface area contributed by atoms with Crippen molar-refractivity contribution in [2.24, 2.45) is 11.3 Å². The minimum absolute atomic E-state index is 0.146. The molecule has 1 spiro atoms. The maximum atomic E-state index is 12.2. The van der Waals surface area contributed by atoms with E-state index in [1.54, 1.807) is 0 Å². The van der Waals surface area contributed by atoms with Crippen LogP contribution in [0.2, 0.25) is 0 Å². The first-order valence-electron chi connectivity index (χ1n) is 6.74. The molecular weight excluding hydrogens is 216 g/mol. The summed E-state index contributed by atoms with van der Waals surface area (Å²) < 4.78 is 5.30. The minimum atomic E-state index is 0.146. The molecule has 3 rings (SSSR count). The van der Waals surface area contributed by atoms with Gasteiger partial charge in [0.1, 0.15) is 0 Å². The lowest BCUT2D eigenvalue weighted by molar-refractivity contribution is -0.140. The van der Waals surface area contributed by atoms with Crippen molar-refractivity contribution in [2.75, 3.05) is 46.4 Å². The molecule has 4 nitrogen and oxygen atoms in total. The molecule has 0 aliphatic carbocycles. The molecular formula is C13H22N2O2. The van der Waals surface area contributed by atoms with Gasteiger partial charge in [-0.3, -0.25) is 4.79 Å². The van der Waals surface area contributed by atoms with E-state index in [0.717, 1.165) is 26.1 Å². The third-order valence-corrected chi connectivity index (χ3v) is 4.63. The van der Waals surface area contributed by atoms with Gasteiger partial charge in [-0.05, 0) is 31.7 Å². The van der Waals surface area contributed by atoms with Crippen molar-refractivity contribution in [2.45, 2.75) is 19.3 Å². The lowest BCUT2D eigenvalue weighted by Gasteiger charge is -2.53. The molecule has 3 aliphatic heterocycles. The monoisotopic (exact) mass is 238 g/mol. The van der Waals surface area contributed by atoms with Crippen LogP contribution in [0.3, 0.4) is 0 Å². The number of carbonyl (C=O) groups is 1. The topological polar surface area (TPSA) is 32.8 Å². The summed E-state index contributed by atoms with van der Waals surface area (Å²) in [6.45, 7) is 5.78. The van der Waals surface area contributed by atoms with Crippen LogP contribution in [0.5, 0.6) is 0 Å². The number of ether oxygens (including phenoxy) is 1. The van der Waals surface area contributed by atoms with E-state index in [1.807, 2.05) is 0 Å². The highest BCUT2D eigenvalue weighted by atomic mass is 16.5. The molecule has 3 heterocycles. The van der Waals surface area contributed by atoms with Crippen molar-refractivity contribution in [3.05, 3.63) is 0 Å². The summed E-state index contributed by atoms with van der Waals surface area (Å²) in [7, 11) is 2.18. The van der Waals surface area contributed by atoms with E-state index >= 15 is 0 Å². The van der Waals surface area contributed by atoms with Crippen LogP contribution in [0.15, 0.2) is 0 Å². The van der Waals surface area contributed by atoms with Crippen molar-refractivity contribution >= 4 is 5.91 Å². The molecule has 1 atom stereocenters. The maximum absolute atomic E-state index is 12.2. The molecule has 96 valence electrons. The van der Waals surface area contributed by atoms with E-state index in [0.29, 0.717) is 17.9 Å². The highest BCUT2D eigenvalue weighted by Gasteiger charge is 2.44. The number of piperidine rings is 1. The van der Waals surface area contributed by atoms with Crippen molar-refractivity contribution in [1.82, 2.24) is 9.80 Å². The molecule has 0 N–H and O–H groups in total. The molecule has 1 unspecified atom stereocenters. The number of rotatable bonds is 1. The summed E-state index contributed by atoms with van der Waals surface area (Å²) in [5.74, 6) is 0.484. The molecule has 4 heteroatoms. The Morgan fingerprint density at radius 1 is 1.29 bits per heavy atom. The number of amides is 1. The first-order chi connectivity index (χ1) is 8.19. The fourth-order valence-corrected chi connectivity index (χ4v) is 3.60. The first-order valence-corrected chi connectivity index (χ1v) is 6.74. The first kappa shape index (κ1) is 11.5. The largest absolute Gasteiger partial charge is 0.381 e. The van der Waals surface area contributed by atoms with E-state index in [9.17, 15) is 4.79 Å². The Hall–Kier alpha value is -0.610. The van der Waals surface area contributed by atoms with Crippen LogP contribution in [-0.2, 0) is 9.53 Å². The van der Waals surface area contributed by atoms with Gasteiger partial charge in [-0.2, -0.15) is 0 Å². The predicted molar refractivity (Wildman–Crippen MR) is 64.7 cm³/mol. The number of hydrogen-bond donors (Lipinski definition) is 0. The molecule has 3 fully saturated rings. The number of likely N-dealkylation sites (tertiary alicyclic amines) is 2. The summed E-state index contributed by atoms with van der Waals surface area (Å²) in [5, 5.41) is 0. The van der Waals surface area contributed by atoms with E-state index in [1.165, 1.54) is 25.9 Å². The molecule has 0 radical (unpaired) electrons. The van der Waals surface area contributed by atoms with E-state index in [2.05, 4.69) is 16.8 Å². The van der Waals surface area contributed by atoms with E-state index in [-0.39, 0.29) is 5.92 Å². The van der Waals surface area contributed by atoms with Gasteiger partial charge in [0.15, 0.2) is 0 Å². The lowest BCUT2D eigenvalue weighted by atomic mass is 9.72. The highest BCUT2D eigenvalue weighted by molar-refractivity contribution is 5.79. The Morgan fingerprint density at radius 2 is 2.00 bits per heavy atom. The minimum Gasteiger partial charge on any atom is -0.381 e. The molecule has 3 aliphatic rings. The number of carbonyl (C=O) groups excluding carboxylic acids is 1. The summed E-state index contributed by atoms with van der Waals surface area (Å²) in [6.07, 6.45) is 3.30. The van der Waals surface area contributed by atoms with Crippen LogP contribution in [0.25, 0.3) is 0 Å². The summed E-state index contributed by atoms with van der Waals surface area (Å²) >= 11 is 0. The molecule has 3 saturated heterocycles. The Balaban J connectivity index is 1.52. The van der Waals surface area contributed by atoms with Gasteiger partial charge in [-0.15, -0.1) is 0 Å². The van der Waals surface area contributed by atoms with Gasteiger partial charge >= 0.3 is 0 Å². The summed E-state index contributed by atoms with van der Waals surface area (Å²) in [4.78, 5) is 16.7. The lowest BCUT2D eigenvalue weighted by Crippen LogP contribution is -2.59. The second kappa shape index (κ2) is 4.25. The molecule has 0 bridgehead atoms. The fourth-order valence-electron chi connectivity index (χ4n) is 3.60. The Morgan fingerprint density at radius 3 is 2.53 bits per heavy atom. The van der Waals surface area contributed by atoms with Gasteiger partial charge in [-0.1, -0.05) is 0 Å². The second-order valence-electron chi connectivity index (χ2n) is 6.06. The zero-order valence-electron chi connectivity index (χ0n) is 10.7. The third-order valence-electron chi connectivity index (χ3n) is 4.63. The highest BCUT2D eigenvalue weighted by Crippen LogP contribution is 2.39. The quantitative estimate of drug-likeness (QED) is 0.670. The summed E-state index contributed by atoms with van der Waals surface area (Å²) in [6, 6.07) is 0. The Labute approximate surface area is 103 Å². The van der Waals surface area contributed by atoms with Gasteiger partial charge < -0.3 is 14.5 Å². The van der Waals surface area contributed by atoms with Crippen LogP contribution < -0.4 is 0 Å². The van der Waals surface area contributed by atoms with E-state index < -0.39 is 0 Å². The number of nitrogens with zero attached hydrogens (tertiary/aromatic N) is 2. The van der Waals surface area contributed by atoms with Crippen molar-refractivity contribution in [3.8, 4) is 0 Å². The average molecular weight is 238 g/mol. The van der Waals surface area contributed by atoms with Gasteiger partial charge in [0.05, 0.1) is 12.5 Å². The maximum Gasteiger partial charge on any atom is 0.228 e. The summed E-state index contributed by atoms with van der Waals surface area (Å²) in [5.41, 5.74) is 0.539. The van der Waals surface area contributed by atoms with Crippen molar-refractivity contribution in [3.63, 3.8) is 0 Å². The van der Waals surface area contributed by atoms with Crippen LogP contribution >= 0.6 is 0 Å². The van der Waals surface area contributed by atoms with Crippen molar-refractivity contribution < 1.29 is 9.53 Å². The molecule has 1 amide bonds. The Bertz CT molecular complexity index is 297. The zero-order chi connectivity index (χ0) is 11.9. The van der Waals surface area contributed by atoms with Gasteiger partial charge in [0.25, 0.3) is 0 Å². The van der Waals surface area contributed by atoms with Gasteiger partial charge in [-0.25, -0.2) is 0 Å². The third kappa shape index (κ3) is 2.08. The molecule has 0 saturated carbocycles. The normalized spacial score (nSPS) is 32.8. The standard InChI is InChI=1S/C13H22N2O2/c1-14-9-13(10-14)3-5-15(6-4-13)12(16)11-2-7-17-8-11/h11H,2-10H2,1H3. The van der Waals surface area contributed by atoms with Crippen LogP contribution in [0.1, 0.15) is 19.3 Å². The fraction of sp³-hybridized carbons (Fsp3) is 0.923. The van der Waals surface area contributed by atoms with Crippen LogP contribution in [0, 0.1) is 11.3 Å². The van der Waals surface area contributed by atoms with Gasteiger partial charge in [0.2, 0.25) is 5.91 Å². The zero-order valence-corrected chi connectivity index (χ0v) is 10.7. The predicted octanol–water partition coefficient (Wildman–Crippen LogP) is 0.577. The second-order valence-corrected chi connectivity index (χ2v) is 6.06. The van der Waals surface area contributed by atoms with Crippen LogP contribution in [-0.4, -0.2) is 62.1 Å². The SMILES string of the molecule is CN1CC2(CCN(C(=O)C3CCOC3)CC2)C1. The van der Waals surface area contributed by atoms with Crippen molar-refractivity contribution in [1.29, 1.82) is 0 Å². The van der Waals surface area contributed by atoms with E-state index in [4.69, 9.17) is 4.74 Å². The molecule has 0 aromatic rings. The molecule has 0 aromatic carbocycles. The molecule has 0 aromatic heterocycles. The van der Waals surface area contributed by atoms with Crippen LogP contribution in [0.4, 0.5) is 0 Å². The Kier molecular flexibility index (Phi) is 2.87. The number of hydrogen-bond acceptors (Lipinski definition) is 3. The smallest absolute Gasteiger partial charge is 0.228 e.